The van der Waals surface area contributed by atoms with Crippen LogP contribution in [0.1, 0.15) is 56.1 Å². The van der Waals surface area contributed by atoms with Crippen molar-refractivity contribution in [3.8, 4) is 11.5 Å². The number of benzene rings is 3. The summed E-state index contributed by atoms with van der Waals surface area (Å²) in [5, 5.41) is 3.25. The zero-order valence-corrected chi connectivity index (χ0v) is 27.3. The molecule has 2 amide bonds. The molecule has 3 aromatic carbocycles. The summed E-state index contributed by atoms with van der Waals surface area (Å²) >= 11 is 0. The SMILES string of the molecule is COc1cccc(CN(C(=O)CCCN(c2ccccc2OC)S(C)(=O)=O)[C@H](Cc2ccccc2)C(=O)NC2CCCCC2)c1. The second-order valence-corrected chi connectivity index (χ2v) is 13.4. The van der Waals surface area contributed by atoms with Crippen LogP contribution in [-0.2, 0) is 32.6 Å². The molecule has 9 nitrogen and oxygen atoms in total. The van der Waals surface area contributed by atoms with Crippen LogP contribution in [0.3, 0.4) is 0 Å². The fourth-order valence-corrected chi connectivity index (χ4v) is 6.85. The number of anilines is 1. The largest absolute Gasteiger partial charge is 0.497 e. The first kappa shape index (κ1) is 33.8. The molecule has 0 bridgehead atoms. The highest BCUT2D eigenvalue weighted by Crippen LogP contribution is 2.30. The van der Waals surface area contributed by atoms with Gasteiger partial charge in [0.25, 0.3) is 0 Å². The summed E-state index contributed by atoms with van der Waals surface area (Å²) in [7, 11) is -0.580. The van der Waals surface area contributed by atoms with Crippen molar-refractivity contribution in [3.05, 3.63) is 90.0 Å². The van der Waals surface area contributed by atoms with Crippen molar-refractivity contribution in [2.45, 2.75) is 70.0 Å². The average Bonchev–Trinajstić information content (AvgIpc) is 3.05. The molecule has 0 unspecified atom stereocenters. The number of nitrogens with zero attached hydrogens (tertiary/aromatic N) is 2. The van der Waals surface area contributed by atoms with E-state index < -0.39 is 16.1 Å². The average molecular weight is 636 g/mol. The van der Waals surface area contributed by atoms with E-state index in [1.807, 2.05) is 54.6 Å². The fourth-order valence-electron chi connectivity index (χ4n) is 5.88. The molecule has 0 spiro atoms. The second kappa shape index (κ2) is 16.3. The van der Waals surface area contributed by atoms with Crippen molar-refractivity contribution in [2.75, 3.05) is 31.3 Å². The minimum Gasteiger partial charge on any atom is -0.497 e. The number of sulfonamides is 1. The lowest BCUT2D eigenvalue weighted by molar-refractivity contribution is -0.141. The van der Waals surface area contributed by atoms with E-state index in [2.05, 4.69) is 5.32 Å². The Balaban J connectivity index is 1.61. The van der Waals surface area contributed by atoms with Gasteiger partial charge in [-0.15, -0.1) is 0 Å². The van der Waals surface area contributed by atoms with Crippen LogP contribution in [0.15, 0.2) is 78.9 Å². The Kier molecular flexibility index (Phi) is 12.3. The maximum absolute atomic E-state index is 14.1. The first-order valence-electron chi connectivity index (χ1n) is 15.6. The number of rotatable bonds is 15. The van der Waals surface area contributed by atoms with Gasteiger partial charge in [0, 0.05) is 32.0 Å². The van der Waals surface area contributed by atoms with Gasteiger partial charge in [0.15, 0.2) is 0 Å². The molecule has 1 atom stereocenters. The quantitative estimate of drug-likeness (QED) is 0.242. The number of amides is 2. The van der Waals surface area contributed by atoms with Gasteiger partial charge in [-0.25, -0.2) is 8.42 Å². The standard InChI is InChI=1S/C35H45N3O6S/c1-43-30-19-12-16-28(24-30)26-37(32(25-27-14-6-4-7-15-27)35(40)36-29-17-8-5-9-18-29)34(39)22-13-23-38(45(3,41)42)31-20-10-11-21-33(31)44-2/h4,6-7,10-12,14-16,19-21,24,29,32H,5,8-9,13,17-18,22-23,25-26H2,1-3H3,(H,36,40)/t32-/m1/s1. The van der Waals surface area contributed by atoms with Crippen molar-refractivity contribution in [2.24, 2.45) is 0 Å². The Bertz CT molecular complexity index is 1510. The zero-order chi connectivity index (χ0) is 32.2. The van der Waals surface area contributed by atoms with Gasteiger partial charge in [-0.2, -0.15) is 0 Å². The van der Waals surface area contributed by atoms with E-state index in [0.29, 0.717) is 23.6 Å². The highest BCUT2D eigenvalue weighted by Gasteiger charge is 2.32. The zero-order valence-electron chi connectivity index (χ0n) is 26.5. The minimum atomic E-state index is -3.66. The molecule has 1 N–H and O–H groups in total. The van der Waals surface area contributed by atoms with Crippen LogP contribution in [0.5, 0.6) is 11.5 Å². The van der Waals surface area contributed by atoms with Gasteiger partial charge in [0.1, 0.15) is 17.5 Å². The van der Waals surface area contributed by atoms with Crippen LogP contribution in [0.2, 0.25) is 0 Å². The molecule has 1 aliphatic rings. The summed E-state index contributed by atoms with van der Waals surface area (Å²) in [5.74, 6) is 0.683. The number of methoxy groups -OCH3 is 2. The summed E-state index contributed by atoms with van der Waals surface area (Å²) in [4.78, 5) is 29.8. The summed E-state index contributed by atoms with van der Waals surface area (Å²) in [6, 6.07) is 23.4. The molecule has 4 rings (SSSR count). The van der Waals surface area contributed by atoms with Gasteiger partial charge in [-0.05, 0) is 54.7 Å². The van der Waals surface area contributed by atoms with Crippen molar-refractivity contribution < 1.29 is 27.5 Å². The van der Waals surface area contributed by atoms with Crippen molar-refractivity contribution in [3.63, 3.8) is 0 Å². The third-order valence-electron chi connectivity index (χ3n) is 8.22. The molecule has 1 aliphatic carbocycles. The predicted octanol–water partition coefficient (Wildman–Crippen LogP) is 5.34. The van der Waals surface area contributed by atoms with Gasteiger partial charge < -0.3 is 19.7 Å². The Labute approximate surface area is 267 Å². The number of carbonyl (C=O) groups is 2. The van der Waals surface area contributed by atoms with Gasteiger partial charge in [0.05, 0.1) is 26.2 Å². The number of para-hydroxylation sites is 2. The first-order valence-corrected chi connectivity index (χ1v) is 17.4. The van der Waals surface area contributed by atoms with Crippen LogP contribution in [-0.4, -0.2) is 64.2 Å². The topological polar surface area (TPSA) is 105 Å². The maximum Gasteiger partial charge on any atom is 0.243 e. The number of ether oxygens (including phenoxy) is 2. The van der Waals surface area contributed by atoms with E-state index in [-0.39, 0.29) is 43.8 Å². The molecule has 45 heavy (non-hydrogen) atoms. The molecule has 0 heterocycles. The highest BCUT2D eigenvalue weighted by atomic mass is 32.2. The molecule has 1 fully saturated rings. The molecule has 242 valence electrons. The normalized spacial score (nSPS) is 14.3. The number of carbonyl (C=O) groups excluding carboxylic acids is 2. The smallest absolute Gasteiger partial charge is 0.243 e. The number of nitrogens with one attached hydrogen (secondary N) is 1. The van der Waals surface area contributed by atoms with Crippen molar-refractivity contribution in [1.29, 1.82) is 0 Å². The highest BCUT2D eigenvalue weighted by molar-refractivity contribution is 7.92. The van der Waals surface area contributed by atoms with E-state index in [1.165, 1.54) is 17.8 Å². The molecule has 0 radical (unpaired) electrons. The molecule has 10 heteroatoms. The molecular formula is C35H45N3O6S. The summed E-state index contributed by atoms with van der Waals surface area (Å²) in [5.41, 5.74) is 2.19. The maximum atomic E-state index is 14.1. The van der Waals surface area contributed by atoms with Crippen LogP contribution in [0.25, 0.3) is 0 Å². The van der Waals surface area contributed by atoms with Crippen molar-refractivity contribution in [1.82, 2.24) is 10.2 Å². The molecule has 0 aliphatic heterocycles. The van der Waals surface area contributed by atoms with Crippen molar-refractivity contribution >= 4 is 27.5 Å². The van der Waals surface area contributed by atoms with E-state index >= 15 is 0 Å². The molecule has 0 aromatic heterocycles. The Morgan fingerprint density at radius 1 is 0.889 bits per heavy atom. The number of hydrogen-bond donors (Lipinski definition) is 1. The van der Waals surface area contributed by atoms with E-state index in [9.17, 15) is 18.0 Å². The van der Waals surface area contributed by atoms with Crippen LogP contribution >= 0.6 is 0 Å². The molecule has 0 saturated heterocycles. The van der Waals surface area contributed by atoms with Gasteiger partial charge in [0.2, 0.25) is 21.8 Å². The predicted molar refractivity (Wildman–Crippen MR) is 177 cm³/mol. The lowest BCUT2D eigenvalue weighted by Crippen LogP contribution is -2.52. The summed E-state index contributed by atoms with van der Waals surface area (Å²) in [6.07, 6.45) is 6.96. The fraction of sp³-hybridized carbons (Fsp3) is 0.429. The summed E-state index contributed by atoms with van der Waals surface area (Å²) < 4.78 is 37.7. The van der Waals surface area contributed by atoms with Gasteiger partial charge in [-0.3, -0.25) is 13.9 Å². The van der Waals surface area contributed by atoms with E-state index in [0.717, 1.165) is 43.1 Å². The van der Waals surface area contributed by atoms with E-state index in [1.54, 1.807) is 36.3 Å². The first-order chi connectivity index (χ1) is 21.7. The lowest BCUT2D eigenvalue weighted by Gasteiger charge is -2.34. The van der Waals surface area contributed by atoms with Gasteiger partial charge >= 0.3 is 0 Å². The Hall–Kier alpha value is -4.05. The van der Waals surface area contributed by atoms with Crippen LogP contribution < -0.4 is 19.1 Å². The van der Waals surface area contributed by atoms with Crippen LogP contribution in [0.4, 0.5) is 5.69 Å². The molecule has 3 aromatic rings. The lowest BCUT2D eigenvalue weighted by atomic mass is 9.94. The molecular weight excluding hydrogens is 590 g/mol. The summed E-state index contributed by atoms with van der Waals surface area (Å²) in [6.45, 7) is 0.281. The second-order valence-electron chi connectivity index (χ2n) is 11.5. The van der Waals surface area contributed by atoms with Gasteiger partial charge in [-0.1, -0.05) is 73.9 Å². The minimum absolute atomic E-state index is 0.0487. The molecule has 1 saturated carbocycles. The Morgan fingerprint density at radius 3 is 2.27 bits per heavy atom. The Morgan fingerprint density at radius 2 is 1.58 bits per heavy atom. The monoisotopic (exact) mass is 635 g/mol. The van der Waals surface area contributed by atoms with Crippen LogP contribution in [0, 0.1) is 0 Å². The van der Waals surface area contributed by atoms with E-state index in [4.69, 9.17) is 9.47 Å². The third kappa shape index (κ3) is 9.72. The number of hydrogen-bond acceptors (Lipinski definition) is 6. The third-order valence-corrected chi connectivity index (χ3v) is 9.40.